The summed E-state index contributed by atoms with van der Waals surface area (Å²) < 4.78 is 0. The summed E-state index contributed by atoms with van der Waals surface area (Å²) in [6.45, 7) is 1.96. The number of rotatable bonds is 1. The Morgan fingerprint density at radius 1 is 1.20 bits per heavy atom. The first-order chi connectivity index (χ1) is 7.24. The van der Waals surface area contributed by atoms with Crippen LogP contribution in [0.4, 0.5) is 0 Å². The number of halogens is 2. The monoisotopic (exact) mass is 243 g/mol. The second kappa shape index (κ2) is 3.58. The molecule has 3 rings (SSSR count). The maximum absolute atomic E-state index is 6.08. The molecule has 0 atom stereocenters. The Kier molecular flexibility index (Phi) is 2.34. The summed E-state index contributed by atoms with van der Waals surface area (Å²) in [7, 11) is 0. The largest absolute Gasteiger partial charge is 0.296 e. The Labute approximate surface area is 98.4 Å². The van der Waals surface area contributed by atoms with Gasteiger partial charge in [0.25, 0.3) is 0 Å². The van der Waals surface area contributed by atoms with Gasteiger partial charge in [-0.2, -0.15) is 0 Å². The standard InChI is InChI=1S/C10H11Cl2N3/c11-9-7-5-15(6-1-2-6)4-3-8(7)13-10(12)14-9/h6H,1-5H2. The Balaban J connectivity index is 1.93. The van der Waals surface area contributed by atoms with E-state index in [0.29, 0.717) is 5.15 Å². The summed E-state index contributed by atoms with van der Waals surface area (Å²) in [5, 5.41) is 0.786. The third kappa shape index (κ3) is 1.84. The maximum Gasteiger partial charge on any atom is 0.224 e. The highest BCUT2D eigenvalue weighted by Crippen LogP contribution is 2.33. The summed E-state index contributed by atoms with van der Waals surface area (Å²) in [4.78, 5) is 10.7. The number of fused-ring (bicyclic) bond motifs is 1. The van der Waals surface area contributed by atoms with Crippen LogP contribution in [0.3, 0.4) is 0 Å². The molecule has 0 radical (unpaired) electrons. The van der Waals surface area contributed by atoms with Crippen LogP contribution in [0, 0.1) is 0 Å². The van der Waals surface area contributed by atoms with Gasteiger partial charge in [0, 0.05) is 31.1 Å². The molecule has 3 nitrogen and oxygen atoms in total. The molecule has 1 aromatic heterocycles. The van der Waals surface area contributed by atoms with Gasteiger partial charge in [0.1, 0.15) is 5.15 Å². The topological polar surface area (TPSA) is 29.0 Å². The molecule has 15 heavy (non-hydrogen) atoms. The van der Waals surface area contributed by atoms with Crippen LogP contribution in [0.25, 0.3) is 0 Å². The predicted octanol–water partition coefficient (Wildman–Crippen LogP) is 2.30. The van der Waals surface area contributed by atoms with Gasteiger partial charge in [-0.15, -0.1) is 0 Å². The van der Waals surface area contributed by atoms with Crippen LogP contribution in [-0.4, -0.2) is 27.5 Å². The molecular formula is C10H11Cl2N3. The van der Waals surface area contributed by atoms with E-state index >= 15 is 0 Å². The molecule has 0 N–H and O–H groups in total. The van der Waals surface area contributed by atoms with Crippen molar-refractivity contribution in [3.05, 3.63) is 21.7 Å². The van der Waals surface area contributed by atoms with Crippen molar-refractivity contribution in [2.45, 2.75) is 31.8 Å². The smallest absolute Gasteiger partial charge is 0.224 e. The average Bonchev–Trinajstić information content (AvgIpc) is 3.00. The highest BCUT2D eigenvalue weighted by molar-refractivity contribution is 6.32. The van der Waals surface area contributed by atoms with E-state index < -0.39 is 0 Å². The van der Waals surface area contributed by atoms with E-state index in [9.17, 15) is 0 Å². The molecule has 5 heteroatoms. The predicted molar refractivity (Wildman–Crippen MR) is 59.2 cm³/mol. The first kappa shape index (κ1) is 9.82. The summed E-state index contributed by atoms with van der Waals surface area (Å²) in [6, 6.07) is 0.768. The Morgan fingerprint density at radius 2 is 2.00 bits per heavy atom. The number of hydrogen-bond acceptors (Lipinski definition) is 3. The lowest BCUT2D eigenvalue weighted by molar-refractivity contribution is 0.241. The fourth-order valence-corrected chi connectivity index (χ4v) is 2.60. The zero-order valence-corrected chi connectivity index (χ0v) is 9.72. The minimum Gasteiger partial charge on any atom is -0.296 e. The summed E-state index contributed by atoms with van der Waals surface area (Å²) in [6.07, 6.45) is 3.58. The molecule has 80 valence electrons. The van der Waals surface area contributed by atoms with Crippen LogP contribution in [0.2, 0.25) is 10.4 Å². The van der Waals surface area contributed by atoms with Gasteiger partial charge in [0.05, 0.1) is 5.69 Å². The Morgan fingerprint density at radius 3 is 2.73 bits per heavy atom. The molecule has 0 spiro atoms. The fourth-order valence-electron chi connectivity index (χ4n) is 2.12. The van der Waals surface area contributed by atoms with Crippen molar-refractivity contribution < 1.29 is 0 Å². The van der Waals surface area contributed by atoms with Gasteiger partial charge in [0.15, 0.2) is 0 Å². The second-order valence-electron chi connectivity index (χ2n) is 4.16. The lowest BCUT2D eigenvalue weighted by atomic mass is 10.1. The van der Waals surface area contributed by atoms with Crippen LogP contribution < -0.4 is 0 Å². The number of aromatic nitrogens is 2. The summed E-state index contributed by atoms with van der Waals surface area (Å²) in [5.74, 6) is 0. The molecular weight excluding hydrogens is 233 g/mol. The van der Waals surface area contributed by atoms with E-state index in [1.807, 2.05) is 0 Å². The van der Waals surface area contributed by atoms with Crippen molar-refractivity contribution in [1.82, 2.24) is 14.9 Å². The number of nitrogens with zero attached hydrogens (tertiary/aromatic N) is 3. The zero-order chi connectivity index (χ0) is 10.4. The lowest BCUT2D eigenvalue weighted by Crippen LogP contribution is -2.33. The molecule has 1 fully saturated rings. The molecule has 2 aliphatic rings. The SMILES string of the molecule is Clc1nc(Cl)c2c(n1)CCN(C1CC1)C2. The van der Waals surface area contributed by atoms with Gasteiger partial charge in [-0.05, 0) is 24.4 Å². The van der Waals surface area contributed by atoms with Crippen molar-refractivity contribution in [3.8, 4) is 0 Å². The minimum atomic E-state index is 0.263. The van der Waals surface area contributed by atoms with E-state index in [4.69, 9.17) is 23.2 Å². The van der Waals surface area contributed by atoms with Gasteiger partial charge in [-0.3, -0.25) is 4.90 Å². The third-order valence-corrected chi connectivity index (χ3v) is 3.56. The van der Waals surface area contributed by atoms with Crippen molar-refractivity contribution in [2.75, 3.05) is 6.54 Å². The Hall–Kier alpha value is -0.380. The van der Waals surface area contributed by atoms with Crippen LogP contribution >= 0.6 is 23.2 Å². The van der Waals surface area contributed by atoms with E-state index in [0.717, 1.165) is 36.8 Å². The number of hydrogen-bond donors (Lipinski definition) is 0. The second-order valence-corrected chi connectivity index (χ2v) is 4.86. The van der Waals surface area contributed by atoms with E-state index in [2.05, 4.69) is 14.9 Å². The van der Waals surface area contributed by atoms with Gasteiger partial charge >= 0.3 is 0 Å². The van der Waals surface area contributed by atoms with Gasteiger partial charge in [0.2, 0.25) is 5.28 Å². The van der Waals surface area contributed by atoms with Crippen molar-refractivity contribution in [1.29, 1.82) is 0 Å². The van der Waals surface area contributed by atoms with Gasteiger partial charge in [-0.1, -0.05) is 11.6 Å². The third-order valence-electron chi connectivity index (χ3n) is 3.08. The molecule has 0 unspecified atom stereocenters. The molecule has 1 saturated carbocycles. The first-order valence-corrected chi connectivity index (χ1v) is 5.94. The summed E-state index contributed by atoms with van der Waals surface area (Å²) in [5.41, 5.74) is 2.09. The lowest BCUT2D eigenvalue weighted by Gasteiger charge is -2.28. The van der Waals surface area contributed by atoms with Gasteiger partial charge < -0.3 is 0 Å². The molecule has 1 aromatic rings. The van der Waals surface area contributed by atoms with E-state index in [1.54, 1.807) is 0 Å². The van der Waals surface area contributed by atoms with Crippen LogP contribution in [0.5, 0.6) is 0 Å². The molecule has 2 heterocycles. The van der Waals surface area contributed by atoms with Crippen molar-refractivity contribution in [2.24, 2.45) is 0 Å². The van der Waals surface area contributed by atoms with Crippen molar-refractivity contribution >= 4 is 23.2 Å². The van der Waals surface area contributed by atoms with Crippen LogP contribution in [-0.2, 0) is 13.0 Å². The molecule has 0 bridgehead atoms. The first-order valence-electron chi connectivity index (χ1n) is 5.19. The highest BCUT2D eigenvalue weighted by Gasteiger charge is 2.32. The highest BCUT2D eigenvalue weighted by atomic mass is 35.5. The molecule has 1 aliphatic carbocycles. The quantitative estimate of drug-likeness (QED) is 0.560. The van der Waals surface area contributed by atoms with Crippen LogP contribution in [0.15, 0.2) is 0 Å². The normalized spacial score (nSPS) is 21.5. The maximum atomic E-state index is 6.08. The van der Waals surface area contributed by atoms with E-state index in [1.165, 1.54) is 12.8 Å². The van der Waals surface area contributed by atoms with Crippen molar-refractivity contribution in [3.63, 3.8) is 0 Å². The molecule has 0 saturated heterocycles. The average molecular weight is 244 g/mol. The Bertz CT molecular complexity index is 404. The summed E-state index contributed by atoms with van der Waals surface area (Å²) >= 11 is 11.8. The molecule has 0 amide bonds. The molecule has 0 aromatic carbocycles. The van der Waals surface area contributed by atoms with E-state index in [-0.39, 0.29) is 5.28 Å². The zero-order valence-electron chi connectivity index (χ0n) is 8.21. The van der Waals surface area contributed by atoms with Gasteiger partial charge in [-0.25, -0.2) is 9.97 Å². The minimum absolute atomic E-state index is 0.263. The molecule has 1 aliphatic heterocycles. The van der Waals surface area contributed by atoms with Crippen LogP contribution in [0.1, 0.15) is 24.1 Å². The fraction of sp³-hybridized carbons (Fsp3) is 0.600.